The van der Waals surface area contributed by atoms with Gasteiger partial charge in [-0.1, -0.05) is 12.1 Å². The maximum atomic E-state index is 12.6. The Hall–Kier alpha value is -3.46. The van der Waals surface area contributed by atoms with Crippen LogP contribution in [0.25, 0.3) is 5.88 Å². The average Bonchev–Trinajstić information content (AvgIpc) is 3.27. The Kier molecular flexibility index (Phi) is 4.57. The van der Waals surface area contributed by atoms with Crippen molar-refractivity contribution >= 4 is 5.91 Å². The molecule has 0 fully saturated rings. The number of methoxy groups -OCH3 is 1. The number of carbonyl (C=O) groups is 1. The molecule has 1 aromatic carbocycles. The number of hydrogen-bond donors (Lipinski definition) is 1. The van der Waals surface area contributed by atoms with E-state index in [1.165, 1.54) is 0 Å². The summed E-state index contributed by atoms with van der Waals surface area (Å²) >= 11 is 0. The topological polar surface area (TPSA) is 80.2 Å². The summed E-state index contributed by atoms with van der Waals surface area (Å²) in [7, 11) is 1.60. The van der Waals surface area contributed by atoms with Crippen LogP contribution in [0, 0.1) is 18.3 Å². The zero-order valence-corrected chi connectivity index (χ0v) is 13.9. The van der Waals surface area contributed by atoms with E-state index in [2.05, 4.69) is 11.4 Å². The molecular weight excluding hydrogens is 318 g/mol. The fourth-order valence-corrected chi connectivity index (χ4v) is 2.57. The molecule has 0 atom stereocenters. The van der Waals surface area contributed by atoms with Crippen LogP contribution in [0.3, 0.4) is 0 Å². The predicted molar refractivity (Wildman–Crippen MR) is 91.7 cm³/mol. The summed E-state index contributed by atoms with van der Waals surface area (Å²) in [5.41, 5.74) is 1.42. The van der Waals surface area contributed by atoms with Gasteiger partial charge in [-0.3, -0.25) is 9.36 Å². The molecule has 2 heterocycles. The number of aryl methyl sites for hydroxylation is 1. The van der Waals surface area contributed by atoms with Gasteiger partial charge in [0, 0.05) is 18.9 Å². The predicted octanol–water partition coefficient (Wildman–Crippen LogP) is 3.19. The van der Waals surface area contributed by atoms with Crippen molar-refractivity contribution in [2.45, 2.75) is 13.5 Å². The van der Waals surface area contributed by atoms with Crippen LogP contribution in [0.2, 0.25) is 0 Å². The van der Waals surface area contributed by atoms with Gasteiger partial charge in [-0.15, -0.1) is 0 Å². The zero-order valence-electron chi connectivity index (χ0n) is 13.9. The number of ether oxygens (including phenoxy) is 1. The molecule has 25 heavy (non-hydrogen) atoms. The molecule has 0 aliphatic rings. The first kappa shape index (κ1) is 16.4. The number of benzene rings is 1. The molecule has 3 rings (SSSR count). The van der Waals surface area contributed by atoms with Crippen LogP contribution in [0.15, 0.2) is 53.2 Å². The van der Waals surface area contributed by atoms with E-state index >= 15 is 0 Å². The van der Waals surface area contributed by atoms with Crippen LogP contribution in [-0.2, 0) is 6.54 Å². The third kappa shape index (κ3) is 3.26. The van der Waals surface area contributed by atoms with Gasteiger partial charge in [0.15, 0.2) is 0 Å². The van der Waals surface area contributed by atoms with Crippen LogP contribution in [0.4, 0.5) is 0 Å². The Morgan fingerprint density at radius 2 is 1.96 bits per heavy atom. The Balaban J connectivity index is 1.81. The summed E-state index contributed by atoms with van der Waals surface area (Å²) in [5.74, 6) is 1.17. The van der Waals surface area contributed by atoms with E-state index in [1.807, 2.05) is 36.4 Å². The van der Waals surface area contributed by atoms with Crippen molar-refractivity contribution in [3.8, 4) is 17.7 Å². The van der Waals surface area contributed by atoms with Gasteiger partial charge in [-0.25, -0.2) is 0 Å². The molecule has 0 aliphatic carbocycles. The van der Waals surface area contributed by atoms with Crippen molar-refractivity contribution in [1.82, 2.24) is 9.88 Å². The highest BCUT2D eigenvalue weighted by Gasteiger charge is 2.24. The van der Waals surface area contributed by atoms with Crippen LogP contribution >= 0.6 is 0 Å². The zero-order chi connectivity index (χ0) is 17.8. The van der Waals surface area contributed by atoms with Gasteiger partial charge in [-0.2, -0.15) is 5.26 Å². The monoisotopic (exact) mass is 335 g/mol. The van der Waals surface area contributed by atoms with Crippen LogP contribution in [0.1, 0.15) is 27.2 Å². The molecule has 2 aromatic heterocycles. The maximum Gasteiger partial charge on any atom is 0.256 e. The smallest absolute Gasteiger partial charge is 0.256 e. The minimum atomic E-state index is -0.341. The number of carbonyl (C=O) groups excluding carboxylic acids is 1. The van der Waals surface area contributed by atoms with E-state index in [0.717, 1.165) is 11.3 Å². The highest BCUT2D eigenvalue weighted by atomic mass is 16.5. The second-order valence-corrected chi connectivity index (χ2v) is 5.45. The van der Waals surface area contributed by atoms with Crippen LogP contribution < -0.4 is 10.1 Å². The molecule has 3 aromatic rings. The van der Waals surface area contributed by atoms with Crippen molar-refractivity contribution < 1.29 is 13.9 Å². The van der Waals surface area contributed by atoms with E-state index in [-0.39, 0.29) is 17.0 Å². The molecule has 0 saturated heterocycles. The molecular formula is C19H17N3O3. The summed E-state index contributed by atoms with van der Waals surface area (Å²) in [5, 5.41) is 12.3. The lowest BCUT2D eigenvalue weighted by atomic mass is 10.1. The van der Waals surface area contributed by atoms with Gasteiger partial charge in [-0.05, 0) is 36.8 Å². The molecule has 0 spiro atoms. The van der Waals surface area contributed by atoms with Crippen molar-refractivity contribution in [1.29, 1.82) is 5.26 Å². The average molecular weight is 335 g/mol. The van der Waals surface area contributed by atoms with Gasteiger partial charge in [0.2, 0.25) is 5.88 Å². The first-order chi connectivity index (χ1) is 12.1. The second kappa shape index (κ2) is 6.97. The molecule has 0 bridgehead atoms. The first-order valence-electron chi connectivity index (χ1n) is 7.72. The SMILES string of the molecule is COc1ccc(CNC(=O)c2c(C)oc(-n3cccc3)c2C#N)cc1. The third-order valence-electron chi connectivity index (χ3n) is 3.86. The number of furan rings is 1. The molecule has 6 nitrogen and oxygen atoms in total. The number of hydrogen-bond acceptors (Lipinski definition) is 4. The molecule has 0 aliphatic heterocycles. The number of amides is 1. The van der Waals surface area contributed by atoms with Gasteiger partial charge in [0.1, 0.15) is 28.7 Å². The molecule has 0 radical (unpaired) electrons. The van der Waals surface area contributed by atoms with Crippen molar-refractivity contribution in [3.63, 3.8) is 0 Å². The van der Waals surface area contributed by atoms with E-state index < -0.39 is 0 Å². The van der Waals surface area contributed by atoms with E-state index in [4.69, 9.17) is 9.15 Å². The van der Waals surface area contributed by atoms with Crippen LogP contribution in [0.5, 0.6) is 5.75 Å². The number of aromatic nitrogens is 1. The maximum absolute atomic E-state index is 12.6. The van der Waals surface area contributed by atoms with Gasteiger partial charge >= 0.3 is 0 Å². The highest BCUT2D eigenvalue weighted by Crippen LogP contribution is 2.25. The molecule has 126 valence electrons. The number of nitriles is 1. The standard InChI is InChI=1S/C19H17N3O3/c1-13-17(16(11-20)19(25-13)22-9-3-4-10-22)18(23)21-12-14-5-7-15(24-2)8-6-14/h3-10H,12H2,1-2H3,(H,21,23). The Morgan fingerprint density at radius 3 is 2.56 bits per heavy atom. The summed E-state index contributed by atoms with van der Waals surface area (Å²) in [6.07, 6.45) is 3.52. The number of nitrogens with one attached hydrogen (secondary N) is 1. The van der Waals surface area contributed by atoms with E-state index in [0.29, 0.717) is 18.2 Å². The molecule has 0 saturated carbocycles. The largest absolute Gasteiger partial charge is 0.497 e. The minimum absolute atomic E-state index is 0.223. The number of rotatable bonds is 5. The normalized spacial score (nSPS) is 10.3. The molecule has 0 unspecified atom stereocenters. The quantitative estimate of drug-likeness (QED) is 0.776. The highest BCUT2D eigenvalue weighted by molar-refractivity contribution is 5.98. The lowest BCUT2D eigenvalue weighted by molar-refractivity contribution is 0.0949. The fraction of sp³-hybridized carbons (Fsp3) is 0.158. The molecule has 6 heteroatoms. The molecule has 1 N–H and O–H groups in total. The summed E-state index contributed by atoms with van der Waals surface area (Å²) in [4.78, 5) is 12.6. The summed E-state index contributed by atoms with van der Waals surface area (Å²) < 4.78 is 12.4. The van der Waals surface area contributed by atoms with Gasteiger partial charge in [0.05, 0.1) is 7.11 Å². The third-order valence-corrected chi connectivity index (χ3v) is 3.86. The van der Waals surface area contributed by atoms with E-state index in [1.54, 1.807) is 31.0 Å². The Bertz CT molecular complexity index is 916. The van der Waals surface area contributed by atoms with Gasteiger partial charge < -0.3 is 14.5 Å². The van der Waals surface area contributed by atoms with Crippen molar-refractivity contribution in [2.24, 2.45) is 0 Å². The number of nitrogens with zero attached hydrogens (tertiary/aromatic N) is 2. The molecule has 1 amide bonds. The lowest BCUT2D eigenvalue weighted by Gasteiger charge is -2.06. The Morgan fingerprint density at radius 1 is 1.28 bits per heavy atom. The Labute approximate surface area is 145 Å². The van der Waals surface area contributed by atoms with Gasteiger partial charge in [0.25, 0.3) is 5.91 Å². The van der Waals surface area contributed by atoms with Crippen molar-refractivity contribution in [3.05, 3.63) is 71.2 Å². The van der Waals surface area contributed by atoms with Crippen molar-refractivity contribution in [2.75, 3.05) is 7.11 Å². The summed E-state index contributed by atoms with van der Waals surface area (Å²) in [6, 6.07) is 13.1. The second-order valence-electron chi connectivity index (χ2n) is 5.45. The summed E-state index contributed by atoms with van der Waals surface area (Å²) in [6.45, 7) is 2.02. The first-order valence-corrected chi connectivity index (χ1v) is 7.72. The van der Waals surface area contributed by atoms with Crippen LogP contribution in [-0.4, -0.2) is 17.6 Å². The fourth-order valence-electron chi connectivity index (χ4n) is 2.57. The van der Waals surface area contributed by atoms with E-state index in [9.17, 15) is 10.1 Å². The lowest BCUT2D eigenvalue weighted by Crippen LogP contribution is -2.23. The minimum Gasteiger partial charge on any atom is -0.497 e.